The van der Waals surface area contributed by atoms with Crippen molar-refractivity contribution in [2.75, 3.05) is 31.1 Å². The fourth-order valence-corrected chi connectivity index (χ4v) is 3.30. The Kier molecular flexibility index (Phi) is 5.87. The van der Waals surface area contributed by atoms with Crippen LogP contribution in [0.5, 0.6) is 0 Å². The highest BCUT2D eigenvalue weighted by atomic mass is 16.2. The summed E-state index contributed by atoms with van der Waals surface area (Å²) in [5, 5.41) is 0. The SMILES string of the molecule is CCCC(C)CC(=O)N1CCN(c2cccc(C)c2C)CC1. The summed E-state index contributed by atoms with van der Waals surface area (Å²) >= 11 is 0. The number of benzene rings is 1. The normalized spacial score (nSPS) is 16.7. The number of carbonyl (C=O) groups is 1. The number of nitrogens with zero attached hydrogens (tertiary/aromatic N) is 2. The van der Waals surface area contributed by atoms with Gasteiger partial charge in [-0.15, -0.1) is 0 Å². The molecule has 0 saturated carbocycles. The predicted molar refractivity (Wildman–Crippen MR) is 93.4 cm³/mol. The van der Waals surface area contributed by atoms with Crippen molar-refractivity contribution in [2.45, 2.75) is 47.0 Å². The van der Waals surface area contributed by atoms with E-state index in [9.17, 15) is 4.79 Å². The highest BCUT2D eigenvalue weighted by molar-refractivity contribution is 5.76. The van der Waals surface area contributed by atoms with Crippen LogP contribution in [0.2, 0.25) is 0 Å². The van der Waals surface area contributed by atoms with Crippen molar-refractivity contribution in [3.63, 3.8) is 0 Å². The molecule has 0 aliphatic carbocycles. The lowest BCUT2D eigenvalue weighted by Gasteiger charge is -2.37. The number of carbonyl (C=O) groups excluding carboxylic acids is 1. The molecule has 22 heavy (non-hydrogen) atoms. The maximum atomic E-state index is 12.4. The van der Waals surface area contributed by atoms with Gasteiger partial charge in [-0.1, -0.05) is 38.8 Å². The average molecular weight is 302 g/mol. The van der Waals surface area contributed by atoms with Crippen LogP contribution in [0.4, 0.5) is 5.69 Å². The van der Waals surface area contributed by atoms with Gasteiger partial charge in [0.15, 0.2) is 0 Å². The van der Waals surface area contributed by atoms with E-state index in [0.29, 0.717) is 18.2 Å². The van der Waals surface area contributed by atoms with E-state index in [0.717, 1.165) is 39.0 Å². The van der Waals surface area contributed by atoms with Crippen LogP contribution in [0, 0.1) is 19.8 Å². The molecule has 1 amide bonds. The zero-order valence-electron chi connectivity index (χ0n) is 14.6. The molecule has 122 valence electrons. The van der Waals surface area contributed by atoms with Gasteiger partial charge in [-0.05, 0) is 37.0 Å². The third-order valence-corrected chi connectivity index (χ3v) is 4.85. The highest BCUT2D eigenvalue weighted by Gasteiger charge is 2.23. The van der Waals surface area contributed by atoms with Crippen molar-refractivity contribution in [1.29, 1.82) is 0 Å². The first-order chi connectivity index (χ1) is 10.5. The van der Waals surface area contributed by atoms with Gasteiger partial charge in [-0.25, -0.2) is 0 Å². The zero-order chi connectivity index (χ0) is 16.1. The predicted octanol–water partition coefficient (Wildman–Crippen LogP) is 3.78. The summed E-state index contributed by atoms with van der Waals surface area (Å²) in [7, 11) is 0. The third kappa shape index (κ3) is 4.02. The summed E-state index contributed by atoms with van der Waals surface area (Å²) in [6, 6.07) is 6.48. The standard InChI is InChI=1S/C19H30N2O/c1-5-7-15(2)14-19(22)21-12-10-20(11-13-21)18-9-6-8-16(3)17(18)4/h6,8-9,15H,5,7,10-14H2,1-4H3. The molecule has 1 unspecified atom stereocenters. The van der Waals surface area contributed by atoms with Gasteiger partial charge in [0.1, 0.15) is 0 Å². The summed E-state index contributed by atoms with van der Waals surface area (Å²) in [5.74, 6) is 0.844. The minimum Gasteiger partial charge on any atom is -0.368 e. The van der Waals surface area contributed by atoms with Crippen molar-refractivity contribution in [2.24, 2.45) is 5.92 Å². The van der Waals surface area contributed by atoms with E-state index in [1.165, 1.54) is 16.8 Å². The van der Waals surface area contributed by atoms with Crippen molar-refractivity contribution < 1.29 is 4.79 Å². The lowest BCUT2D eigenvalue weighted by Crippen LogP contribution is -2.49. The first-order valence-electron chi connectivity index (χ1n) is 8.61. The average Bonchev–Trinajstić information content (AvgIpc) is 2.50. The van der Waals surface area contributed by atoms with Gasteiger partial charge in [0.2, 0.25) is 5.91 Å². The van der Waals surface area contributed by atoms with E-state index in [4.69, 9.17) is 0 Å². The van der Waals surface area contributed by atoms with Gasteiger partial charge in [0, 0.05) is 38.3 Å². The largest absolute Gasteiger partial charge is 0.368 e. The third-order valence-electron chi connectivity index (χ3n) is 4.85. The minimum absolute atomic E-state index is 0.335. The van der Waals surface area contributed by atoms with Gasteiger partial charge in [-0.2, -0.15) is 0 Å². The Bertz CT molecular complexity index is 504. The first-order valence-corrected chi connectivity index (χ1v) is 8.61. The van der Waals surface area contributed by atoms with Crippen LogP contribution >= 0.6 is 0 Å². The van der Waals surface area contributed by atoms with Crippen LogP contribution in [-0.2, 0) is 4.79 Å². The van der Waals surface area contributed by atoms with Crippen LogP contribution < -0.4 is 4.90 Å². The number of anilines is 1. The molecule has 0 aromatic heterocycles. The summed E-state index contributed by atoms with van der Waals surface area (Å²) in [5.41, 5.74) is 4.02. The molecule has 1 saturated heterocycles. The Morgan fingerprint density at radius 2 is 1.86 bits per heavy atom. The van der Waals surface area contributed by atoms with Gasteiger partial charge in [-0.3, -0.25) is 4.79 Å². The minimum atomic E-state index is 0.335. The second-order valence-corrected chi connectivity index (χ2v) is 6.68. The topological polar surface area (TPSA) is 23.6 Å². The zero-order valence-corrected chi connectivity index (χ0v) is 14.6. The van der Waals surface area contributed by atoms with Gasteiger partial charge >= 0.3 is 0 Å². The molecule has 0 bridgehead atoms. The Balaban J connectivity index is 1.90. The molecule has 2 rings (SSSR count). The Morgan fingerprint density at radius 3 is 2.50 bits per heavy atom. The second kappa shape index (κ2) is 7.66. The van der Waals surface area contributed by atoms with E-state index in [1.54, 1.807) is 0 Å². The van der Waals surface area contributed by atoms with Crippen molar-refractivity contribution >= 4 is 11.6 Å². The van der Waals surface area contributed by atoms with Crippen molar-refractivity contribution in [3.05, 3.63) is 29.3 Å². The molecule has 0 radical (unpaired) electrons. The molecular formula is C19H30N2O. The number of piperazine rings is 1. The number of hydrogen-bond acceptors (Lipinski definition) is 2. The Morgan fingerprint density at radius 1 is 1.18 bits per heavy atom. The lowest BCUT2D eigenvalue weighted by atomic mass is 10.0. The van der Waals surface area contributed by atoms with Gasteiger partial charge < -0.3 is 9.80 Å². The maximum absolute atomic E-state index is 12.4. The van der Waals surface area contributed by atoms with E-state index in [1.807, 2.05) is 4.90 Å². The quantitative estimate of drug-likeness (QED) is 0.826. The summed E-state index contributed by atoms with van der Waals surface area (Å²) in [6.45, 7) is 12.3. The molecule has 1 heterocycles. The number of aryl methyl sites for hydroxylation is 1. The molecule has 1 aromatic carbocycles. The van der Waals surface area contributed by atoms with E-state index in [-0.39, 0.29) is 0 Å². The van der Waals surface area contributed by atoms with Crippen LogP contribution in [-0.4, -0.2) is 37.0 Å². The summed E-state index contributed by atoms with van der Waals surface area (Å²) < 4.78 is 0. The highest BCUT2D eigenvalue weighted by Crippen LogP contribution is 2.24. The number of rotatable bonds is 5. The van der Waals surface area contributed by atoms with Crippen LogP contribution in [0.25, 0.3) is 0 Å². The molecule has 1 aliphatic rings. The fraction of sp³-hybridized carbons (Fsp3) is 0.632. The molecule has 1 aromatic rings. The molecule has 3 heteroatoms. The lowest BCUT2D eigenvalue weighted by molar-refractivity contribution is -0.132. The molecule has 0 spiro atoms. The van der Waals surface area contributed by atoms with E-state index >= 15 is 0 Å². The molecule has 1 atom stereocenters. The van der Waals surface area contributed by atoms with Crippen LogP contribution in [0.1, 0.15) is 44.2 Å². The van der Waals surface area contributed by atoms with Gasteiger partial charge in [0.05, 0.1) is 0 Å². The second-order valence-electron chi connectivity index (χ2n) is 6.68. The number of amides is 1. The molecule has 3 nitrogen and oxygen atoms in total. The Labute approximate surface area is 135 Å². The van der Waals surface area contributed by atoms with Gasteiger partial charge in [0.25, 0.3) is 0 Å². The number of hydrogen-bond donors (Lipinski definition) is 0. The van der Waals surface area contributed by atoms with Crippen LogP contribution in [0.15, 0.2) is 18.2 Å². The summed E-state index contributed by atoms with van der Waals surface area (Å²) in [6.07, 6.45) is 3.01. The molecule has 1 aliphatic heterocycles. The summed E-state index contributed by atoms with van der Waals surface area (Å²) in [4.78, 5) is 16.8. The first kappa shape index (κ1) is 16.9. The Hall–Kier alpha value is -1.51. The van der Waals surface area contributed by atoms with Crippen molar-refractivity contribution in [3.8, 4) is 0 Å². The van der Waals surface area contributed by atoms with Crippen LogP contribution in [0.3, 0.4) is 0 Å². The van der Waals surface area contributed by atoms with E-state index in [2.05, 4.69) is 50.8 Å². The molecule has 0 N–H and O–H groups in total. The fourth-order valence-electron chi connectivity index (χ4n) is 3.30. The maximum Gasteiger partial charge on any atom is 0.222 e. The van der Waals surface area contributed by atoms with E-state index < -0.39 is 0 Å². The van der Waals surface area contributed by atoms with Crippen molar-refractivity contribution in [1.82, 2.24) is 4.90 Å². The molecule has 1 fully saturated rings. The molecular weight excluding hydrogens is 272 g/mol. The smallest absolute Gasteiger partial charge is 0.222 e. The monoisotopic (exact) mass is 302 g/mol.